The zero-order valence-corrected chi connectivity index (χ0v) is 13.5. The average Bonchev–Trinajstić information content (AvgIpc) is 2.91. The van der Waals surface area contributed by atoms with Crippen LogP contribution in [0.5, 0.6) is 0 Å². The minimum atomic E-state index is 0.749. The van der Waals surface area contributed by atoms with Crippen LogP contribution in [0.15, 0.2) is 24.5 Å². The molecule has 1 N–H and O–H groups in total. The summed E-state index contributed by atoms with van der Waals surface area (Å²) < 4.78 is 0. The average molecular weight is 302 g/mol. The van der Waals surface area contributed by atoms with E-state index in [1.54, 1.807) is 6.33 Å². The third-order valence-corrected chi connectivity index (χ3v) is 4.87. The number of aromatic nitrogens is 2. The van der Waals surface area contributed by atoms with Crippen LogP contribution in [0, 0.1) is 12.8 Å². The molecule has 2 aromatic heterocycles. The van der Waals surface area contributed by atoms with Gasteiger partial charge in [0, 0.05) is 28.9 Å². The van der Waals surface area contributed by atoms with Crippen LogP contribution in [0.25, 0.3) is 0 Å². The van der Waals surface area contributed by atoms with E-state index in [4.69, 9.17) is 0 Å². The zero-order valence-electron chi connectivity index (χ0n) is 12.7. The Labute approximate surface area is 130 Å². The summed E-state index contributed by atoms with van der Waals surface area (Å²) >= 11 is 1.82. The van der Waals surface area contributed by atoms with Gasteiger partial charge in [0.15, 0.2) is 0 Å². The fourth-order valence-electron chi connectivity index (χ4n) is 2.77. The van der Waals surface area contributed by atoms with Crippen molar-refractivity contribution in [1.29, 1.82) is 0 Å². The van der Waals surface area contributed by atoms with E-state index >= 15 is 0 Å². The van der Waals surface area contributed by atoms with Gasteiger partial charge in [-0.25, -0.2) is 9.97 Å². The molecule has 0 aromatic carbocycles. The van der Waals surface area contributed by atoms with Crippen LogP contribution >= 0.6 is 11.3 Å². The molecule has 21 heavy (non-hydrogen) atoms. The van der Waals surface area contributed by atoms with E-state index in [-0.39, 0.29) is 0 Å². The van der Waals surface area contributed by atoms with Gasteiger partial charge in [-0.1, -0.05) is 6.92 Å². The smallest absolute Gasteiger partial charge is 0.134 e. The normalized spacial score (nSPS) is 18.8. The predicted octanol–water partition coefficient (Wildman–Crippen LogP) is 3.69. The minimum absolute atomic E-state index is 0.749. The third kappa shape index (κ3) is 3.73. The standard InChI is InChI=1S/C16H22N4S/c1-12-4-3-7-20(10-12)16-8-15(18-11-19-16)17-9-14-6-5-13(2)21-14/h5-6,8,11-12H,3-4,7,9-10H2,1-2H3,(H,17,18,19). The Bertz CT molecular complexity index is 595. The quantitative estimate of drug-likeness (QED) is 0.935. The highest BCUT2D eigenvalue weighted by Gasteiger charge is 2.17. The second kappa shape index (κ2) is 6.43. The Balaban J connectivity index is 1.65. The van der Waals surface area contributed by atoms with E-state index in [1.807, 2.05) is 11.3 Å². The third-order valence-electron chi connectivity index (χ3n) is 3.87. The van der Waals surface area contributed by atoms with E-state index in [0.29, 0.717) is 0 Å². The van der Waals surface area contributed by atoms with Gasteiger partial charge in [-0.05, 0) is 37.8 Å². The maximum Gasteiger partial charge on any atom is 0.134 e. The molecule has 0 amide bonds. The molecule has 1 saturated heterocycles. The molecule has 5 heteroatoms. The molecule has 4 nitrogen and oxygen atoms in total. The summed E-state index contributed by atoms with van der Waals surface area (Å²) in [6, 6.07) is 6.39. The molecule has 0 saturated carbocycles. The first-order valence-corrected chi connectivity index (χ1v) is 8.38. The summed E-state index contributed by atoms with van der Waals surface area (Å²) in [5, 5.41) is 3.40. The maximum absolute atomic E-state index is 4.43. The zero-order chi connectivity index (χ0) is 14.7. The molecular weight excluding hydrogens is 280 g/mol. The Morgan fingerprint density at radius 1 is 1.38 bits per heavy atom. The number of rotatable bonds is 4. The van der Waals surface area contributed by atoms with Crippen molar-refractivity contribution in [2.75, 3.05) is 23.3 Å². The number of piperidine rings is 1. The van der Waals surface area contributed by atoms with Gasteiger partial charge in [-0.2, -0.15) is 0 Å². The summed E-state index contributed by atoms with van der Waals surface area (Å²) in [6.07, 6.45) is 4.24. The fraction of sp³-hybridized carbons (Fsp3) is 0.500. The Hall–Kier alpha value is -1.62. The van der Waals surface area contributed by atoms with E-state index in [2.05, 4.69) is 52.2 Å². The van der Waals surface area contributed by atoms with Gasteiger partial charge >= 0.3 is 0 Å². The second-order valence-electron chi connectivity index (χ2n) is 5.82. The number of nitrogens with one attached hydrogen (secondary N) is 1. The molecule has 3 heterocycles. The first-order chi connectivity index (χ1) is 10.2. The predicted molar refractivity (Wildman–Crippen MR) is 89.0 cm³/mol. The summed E-state index contributed by atoms with van der Waals surface area (Å²) in [7, 11) is 0. The monoisotopic (exact) mass is 302 g/mol. The number of anilines is 2. The lowest BCUT2D eigenvalue weighted by Gasteiger charge is -2.31. The Kier molecular flexibility index (Phi) is 4.39. The number of nitrogens with zero attached hydrogens (tertiary/aromatic N) is 3. The molecule has 1 unspecified atom stereocenters. The topological polar surface area (TPSA) is 41.0 Å². The number of thiophene rings is 1. The lowest BCUT2D eigenvalue weighted by Crippen LogP contribution is -2.34. The first kappa shape index (κ1) is 14.3. The molecule has 1 fully saturated rings. The first-order valence-electron chi connectivity index (χ1n) is 7.57. The summed E-state index contributed by atoms with van der Waals surface area (Å²) in [5.74, 6) is 2.70. The van der Waals surface area contributed by atoms with Crippen molar-refractivity contribution >= 4 is 23.0 Å². The highest BCUT2D eigenvalue weighted by atomic mass is 32.1. The van der Waals surface area contributed by atoms with Crippen LogP contribution in [0.4, 0.5) is 11.6 Å². The van der Waals surface area contributed by atoms with Gasteiger partial charge in [0.05, 0.1) is 6.54 Å². The van der Waals surface area contributed by atoms with Gasteiger partial charge in [0.2, 0.25) is 0 Å². The van der Waals surface area contributed by atoms with Crippen LogP contribution in [-0.2, 0) is 6.54 Å². The van der Waals surface area contributed by atoms with Crippen LogP contribution in [0.1, 0.15) is 29.5 Å². The van der Waals surface area contributed by atoms with E-state index in [0.717, 1.165) is 37.2 Å². The van der Waals surface area contributed by atoms with Gasteiger partial charge in [-0.15, -0.1) is 11.3 Å². The van der Waals surface area contributed by atoms with Gasteiger partial charge in [-0.3, -0.25) is 0 Å². The molecular formula is C16H22N4S. The molecule has 1 aliphatic rings. The van der Waals surface area contributed by atoms with Crippen LogP contribution in [0.2, 0.25) is 0 Å². The Morgan fingerprint density at radius 3 is 3.05 bits per heavy atom. The minimum Gasteiger partial charge on any atom is -0.365 e. The van der Waals surface area contributed by atoms with Crippen molar-refractivity contribution in [3.05, 3.63) is 34.3 Å². The van der Waals surface area contributed by atoms with Crippen LogP contribution in [0.3, 0.4) is 0 Å². The van der Waals surface area contributed by atoms with Gasteiger partial charge in [0.1, 0.15) is 18.0 Å². The largest absolute Gasteiger partial charge is 0.365 e. The summed E-state index contributed by atoms with van der Waals surface area (Å²) in [4.78, 5) is 13.8. The fourth-order valence-corrected chi connectivity index (χ4v) is 3.60. The molecule has 112 valence electrons. The van der Waals surface area contributed by atoms with E-state index in [1.165, 1.54) is 22.6 Å². The number of aryl methyl sites for hydroxylation is 1. The molecule has 0 spiro atoms. The van der Waals surface area contributed by atoms with Gasteiger partial charge < -0.3 is 10.2 Å². The van der Waals surface area contributed by atoms with E-state index in [9.17, 15) is 0 Å². The lowest BCUT2D eigenvalue weighted by atomic mass is 10.0. The number of hydrogen-bond acceptors (Lipinski definition) is 5. The Morgan fingerprint density at radius 2 is 2.29 bits per heavy atom. The molecule has 0 radical (unpaired) electrons. The molecule has 0 bridgehead atoms. The SMILES string of the molecule is Cc1ccc(CNc2cc(N3CCCC(C)C3)ncn2)s1. The highest BCUT2D eigenvalue weighted by Crippen LogP contribution is 2.23. The van der Waals surface area contributed by atoms with Crippen LogP contribution in [-0.4, -0.2) is 23.1 Å². The number of hydrogen-bond donors (Lipinski definition) is 1. The summed E-state index contributed by atoms with van der Waals surface area (Å²) in [5.41, 5.74) is 0. The van der Waals surface area contributed by atoms with Crippen molar-refractivity contribution in [3.63, 3.8) is 0 Å². The maximum atomic E-state index is 4.43. The van der Waals surface area contributed by atoms with Crippen molar-refractivity contribution in [1.82, 2.24) is 9.97 Å². The lowest BCUT2D eigenvalue weighted by molar-refractivity contribution is 0.444. The highest BCUT2D eigenvalue weighted by molar-refractivity contribution is 7.11. The second-order valence-corrected chi connectivity index (χ2v) is 7.19. The van der Waals surface area contributed by atoms with Crippen molar-refractivity contribution in [2.45, 2.75) is 33.2 Å². The molecule has 0 aliphatic carbocycles. The van der Waals surface area contributed by atoms with Gasteiger partial charge in [0.25, 0.3) is 0 Å². The molecule has 2 aromatic rings. The molecule has 1 atom stereocenters. The van der Waals surface area contributed by atoms with Crippen molar-refractivity contribution in [3.8, 4) is 0 Å². The van der Waals surface area contributed by atoms with Crippen molar-refractivity contribution in [2.24, 2.45) is 5.92 Å². The van der Waals surface area contributed by atoms with E-state index < -0.39 is 0 Å². The molecule has 3 rings (SSSR count). The summed E-state index contributed by atoms with van der Waals surface area (Å²) in [6.45, 7) is 7.47. The van der Waals surface area contributed by atoms with Crippen molar-refractivity contribution < 1.29 is 0 Å². The van der Waals surface area contributed by atoms with Crippen LogP contribution < -0.4 is 10.2 Å². The molecule has 1 aliphatic heterocycles.